The number of amides is 1. The first-order valence-corrected chi connectivity index (χ1v) is 27.9. The van der Waals surface area contributed by atoms with Gasteiger partial charge in [-0.25, -0.2) is 4.98 Å². The Bertz CT molecular complexity index is 2630. The number of aromatic nitrogens is 4. The van der Waals surface area contributed by atoms with Gasteiger partial charge in [0.05, 0.1) is 36.2 Å². The minimum Gasteiger partial charge on any atom is -0.469 e. The van der Waals surface area contributed by atoms with Gasteiger partial charge in [-0.05, 0) is 132 Å². The highest BCUT2D eigenvalue weighted by molar-refractivity contribution is 6.27. The molecule has 5 rings (SSSR count). The second-order valence-electron chi connectivity index (χ2n) is 21.4. The van der Waals surface area contributed by atoms with E-state index >= 15 is 0 Å². The third-order valence-corrected chi connectivity index (χ3v) is 15.4. The molecule has 3 aromatic heterocycles. The molecular weight excluding hydrogens is 927 g/mol. The summed E-state index contributed by atoms with van der Waals surface area (Å²) in [4.78, 5) is 59.9. The third-order valence-electron chi connectivity index (χ3n) is 15.4. The van der Waals surface area contributed by atoms with Crippen molar-refractivity contribution in [3.63, 3.8) is 0 Å². The van der Waals surface area contributed by atoms with Gasteiger partial charge in [0.15, 0.2) is 6.29 Å². The van der Waals surface area contributed by atoms with Crippen molar-refractivity contribution in [1.82, 2.24) is 25.3 Å². The smallest absolute Gasteiger partial charge is 0.310 e. The molecule has 0 spiro atoms. The molecule has 74 heavy (non-hydrogen) atoms. The van der Waals surface area contributed by atoms with Crippen LogP contribution in [0.4, 0.5) is 0 Å². The number of esters is 2. The SMILES string of the molecule is C=Cc1c(C)c2cc3nc(c(CC(=O)OC)c4nc(cc5[nH]c(cc1[nH]2)c(C)c5CC)C(C)=C4C(=O)NCCC(OCC)OCC)C(CCC(=O)OC/C=C(\C)CCCC(C)CCCC(C)CCCC(C)C)C3C. The van der Waals surface area contributed by atoms with Crippen LogP contribution >= 0.6 is 0 Å². The number of carbonyl (C=O) groups excluding carboxylic acids is 3. The molecule has 1 amide bonds. The minimum atomic E-state index is -0.503. The number of aromatic amines is 2. The average molecular weight is 1020 g/mol. The first kappa shape index (κ1) is 59.5. The number of allylic oxidation sites excluding steroid dienone is 2. The van der Waals surface area contributed by atoms with Crippen LogP contribution in [0.25, 0.3) is 39.3 Å². The van der Waals surface area contributed by atoms with E-state index in [1.54, 1.807) is 0 Å². The second kappa shape index (κ2) is 29.1. The number of aryl methyl sites for hydroxylation is 3. The molecule has 0 fully saturated rings. The van der Waals surface area contributed by atoms with E-state index < -0.39 is 12.3 Å². The fourth-order valence-corrected chi connectivity index (χ4v) is 10.7. The van der Waals surface area contributed by atoms with Crippen molar-refractivity contribution in [2.45, 2.75) is 191 Å². The number of rotatable bonds is 29. The van der Waals surface area contributed by atoms with Crippen LogP contribution in [0.15, 0.2) is 36.4 Å². The van der Waals surface area contributed by atoms with Crippen LogP contribution in [-0.2, 0) is 46.2 Å². The Morgan fingerprint density at radius 3 is 2.07 bits per heavy atom. The topological polar surface area (TPSA) is 158 Å². The van der Waals surface area contributed by atoms with Gasteiger partial charge >= 0.3 is 11.9 Å². The molecule has 0 aromatic carbocycles. The summed E-state index contributed by atoms with van der Waals surface area (Å²) in [6.07, 6.45) is 16.2. The number of ether oxygens (including phenoxy) is 4. The number of nitrogens with one attached hydrogen (secondary N) is 3. The summed E-state index contributed by atoms with van der Waals surface area (Å²) in [5, 5.41) is 3.11. The molecular formula is C62H91N5O7. The molecule has 8 bridgehead atoms. The lowest BCUT2D eigenvalue weighted by molar-refractivity contribution is -0.143. The second-order valence-corrected chi connectivity index (χ2v) is 21.4. The predicted octanol–water partition coefficient (Wildman–Crippen LogP) is 14.3. The van der Waals surface area contributed by atoms with Crippen molar-refractivity contribution < 1.29 is 33.3 Å². The maximum absolute atomic E-state index is 14.7. The number of hydrogen-bond donors (Lipinski definition) is 3. The molecule has 406 valence electrons. The van der Waals surface area contributed by atoms with Crippen LogP contribution in [0, 0.1) is 31.6 Å². The largest absolute Gasteiger partial charge is 0.469 e. The number of nitrogens with zero attached hydrogens (tertiary/aromatic N) is 2. The Kier molecular flexibility index (Phi) is 23.4. The summed E-state index contributed by atoms with van der Waals surface area (Å²) >= 11 is 0. The summed E-state index contributed by atoms with van der Waals surface area (Å²) in [5.74, 6) is 0.612. The van der Waals surface area contributed by atoms with E-state index in [0.717, 1.165) is 81.1 Å². The molecule has 2 aliphatic heterocycles. The molecule has 12 nitrogen and oxygen atoms in total. The third kappa shape index (κ3) is 16.1. The van der Waals surface area contributed by atoms with Crippen molar-refractivity contribution in [2.75, 3.05) is 33.5 Å². The predicted molar refractivity (Wildman–Crippen MR) is 303 cm³/mol. The Labute approximate surface area is 443 Å². The zero-order chi connectivity index (χ0) is 54.1. The van der Waals surface area contributed by atoms with E-state index in [2.05, 4.69) is 96.3 Å². The molecule has 3 N–H and O–H groups in total. The summed E-state index contributed by atoms with van der Waals surface area (Å²) in [6.45, 7) is 31.3. The standard InChI is InChI=1S/C62H91N5O7/c1-15-46-42(10)50-35-52-44(12)48(28-29-56(68)74-33-31-41(9)27-21-26-40(8)25-20-24-39(7)23-19-22-38(5)6)60(66-52)49(34-57(69)71-14)61-59(62(70)63-32-30-58(72-17-3)73-18-4)45(13)53(67-61)37-55-47(16-2)43(11)51(65-55)36-54(46)64-50/h15,31,35-40,44,48,58,64-65H,1,16-30,32-34H2,2-14H3,(H,63,70)/b41-31+,50-35?,51-36?,52-35?,53-37?,54-36?,55-37?,60-49?,61-49?. The van der Waals surface area contributed by atoms with Crippen LogP contribution in [0.3, 0.4) is 0 Å². The molecule has 3 aromatic rings. The van der Waals surface area contributed by atoms with E-state index in [1.165, 1.54) is 57.6 Å². The average Bonchev–Trinajstić information content (AvgIpc) is 4.04. The normalized spacial score (nSPS) is 15.7. The molecule has 2 aliphatic rings. The zero-order valence-electron chi connectivity index (χ0n) is 47.5. The van der Waals surface area contributed by atoms with Crippen LogP contribution in [0.2, 0.25) is 0 Å². The fraction of sp³-hybridized carbons (Fsp3) is 0.597. The van der Waals surface area contributed by atoms with Gasteiger partial charge in [0.2, 0.25) is 0 Å². The highest BCUT2D eigenvalue weighted by Crippen LogP contribution is 2.44. The van der Waals surface area contributed by atoms with Gasteiger partial charge in [-0.3, -0.25) is 19.4 Å². The maximum Gasteiger partial charge on any atom is 0.310 e. The Morgan fingerprint density at radius 1 is 0.784 bits per heavy atom. The number of carbonyl (C=O) groups is 3. The number of fused-ring (bicyclic) bond motifs is 8. The summed E-state index contributed by atoms with van der Waals surface area (Å²) in [6, 6.07) is 6.17. The Hall–Kier alpha value is -5.33. The van der Waals surface area contributed by atoms with Gasteiger partial charge in [0.25, 0.3) is 5.91 Å². The zero-order valence-corrected chi connectivity index (χ0v) is 47.5. The highest BCUT2D eigenvalue weighted by atomic mass is 16.7. The number of hydrogen-bond acceptors (Lipinski definition) is 9. The van der Waals surface area contributed by atoms with Crippen molar-refractivity contribution >= 4 is 57.1 Å². The molecule has 0 saturated heterocycles. The molecule has 0 radical (unpaired) electrons. The lowest BCUT2D eigenvalue weighted by Crippen LogP contribution is -2.30. The van der Waals surface area contributed by atoms with E-state index in [-0.39, 0.29) is 49.7 Å². The maximum atomic E-state index is 14.7. The van der Waals surface area contributed by atoms with Crippen LogP contribution in [-0.4, -0.2) is 77.5 Å². The van der Waals surface area contributed by atoms with Crippen molar-refractivity contribution in [3.05, 3.63) is 87.0 Å². The summed E-state index contributed by atoms with van der Waals surface area (Å²) in [7, 11) is 1.35. The number of H-pyrrole nitrogens is 2. The molecule has 4 atom stereocenters. The minimum absolute atomic E-state index is 0.129. The van der Waals surface area contributed by atoms with Crippen LogP contribution < -0.4 is 5.32 Å². The number of methoxy groups -OCH3 is 1. The van der Waals surface area contributed by atoms with E-state index in [0.29, 0.717) is 65.8 Å². The van der Waals surface area contributed by atoms with Crippen LogP contribution in [0.1, 0.15) is 209 Å². The van der Waals surface area contributed by atoms with E-state index in [9.17, 15) is 14.4 Å². The first-order valence-electron chi connectivity index (χ1n) is 27.9. The summed E-state index contributed by atoms with van der Waals surface area (Å²) in [5.41, 5.74) is 12.8. The molecule has 12 heteroatoms. The van der Waals surface area contributed by atoms with E-state index in [4.69, 9.17) is 28.9 Å². The van der Waals surface area contributed by atoms with Gasteiger partial charge in [-0.2, -0.15) is 0 Å². The van der Waals surface area contributed by atoms with Gasteiger partial charge < -0.3 is 34.2 Å². The molecule has 4 unspecified atom stereocenters. The molecule has 0 aliphatic carbocycles. The van der Waals surface area contributed by atoms with Crippen molar-refractivity contribution in [3.8, 4) is 0 Å². The molecule has 0 saturated carbocycles. The molecule has 5 heterocycles. The van der Waals surface area contributed by atoms with E-state index in [1.807, 2.05) is 39.0 Å². The Morgan fingerprint density at radius 2 is 1.43 bits per heavy atom. The lowest BCUT2D eigenvalue weighted by atomic mass is 9.84. The van der Waals surface area contributed by atoms with Gasteiger partial charge in [0, 0.05) is 83.3 Å². The quantitative estimate of drug-likeness (QED) is 0.0350. The Balaban J connectivity index is 1.49. The van der Waals surface area contributed by atoms with Gasteiger partial charge in [0.1, 0.15) is 6.61 Å². The lowest BCUT2D eigenvalue weighted by Gasteiger charge is -2.19. The van der Waals surface area contributed by atoms with Crippen molar-refractivity contribution in [1.29, 1.82) is 0 Å². The van der Waals surface area contributed by atoms with Crippen molar-refractivity contribution in [2.24, 2.45) is 17.8 Å². The first-order chi connectivity index (χ1) is 35.4. The van der Waals surface area contributed by atoms with Gasteiger partial charge in [-0.15, -0.1) is 0 Å². The summed E-state index contributed by atoms with van der Waals surface area (Å²) < 4.78 is 22.8. The highest BCUT2D eigenvalue weighted by Gasteiger charge is 2.36. The van der Waals surface area contributed by atoms with Gasteiger partial charge in [-0.1, -0.05) is 105 Å². The van der Waals surface area contributed by atoms with Crippen LogP contribution in [0.5, 0.6) is 0 Å². The fourth-order valence-electron chi connectivity index (χ4n) is 10.7. The monoisotopic (exact) mass is 1020 g/mol.